The molecule has 0 aliphatic heterocycles. The molecule has 0 saturated carbocycles. The molecule has 0 heterocycles. The average molecular weight is 263 g/mol. The van der Waals surface area contributed by atoms with Crippen LogP contribution in [0.5, 0.6) is 11.5 Å². The lowest BCUT2D eigenvalue weighted by atomic mass is 10.2. The fourth-order valence-electron chi connectivity index (χ4n) is 1.57. The first-order valence-electron chi connectivity index (χ1n) is 5.42. The van der Waals surface area contributed by atoms with Crippen LogP contribution in [0.3, 0.4) is 0 Å². The quantitative estimate of drug-likeness (QED) is 0.679. The molecule has 2 aromatic carbocycles. The molecule has 0 amide bonds. The van der Waals surface area contributed by atoms with Crippen LogP contribution in [0, 0.1) is 15.9 Å². The van der Waals surface area contributed by atoms with Crippen molar-refractivity contribution < 1.29 is 19.2 Å². The van der Waals surface area contributed by atoms with Crippen LogP contribution < -0.4 is 4.74 Å². The van der Waals surface area contributed by atoms with Gasteiger partial charge in [-0.05, 0) is 12.1 Å². The summed E-state index contributed by atoms with van der Waals surface area (Å²) in [5.41, 5.74) is 0.117. The van der Waals surface area contributed by atoms with Gasteiger partial charge in [-0.1, -0.05) is 18.2 Å². The summed E-state index contributed by atoms with van der Waals surface area (Å²) in [6, 6.07) is 9.55. The molecular weight excluding hydrogens is 253 g/mol. The zero-order valence-electron chi connectivity index (χ0n) is 9.75. The molecule has 0 aromatic heterocycles. The maximum absolute atomic E-state index is 13.6. The summed E-state index contributed by atoms with van der Waals surface area (Å²) >= 11 is 0. The van der Waals surface area contributed by atoms with Gasteiger partial charge in [0.1, 0.15) is 5.75 Å². The fourth-order valence-corrected chi connectivity index (χ4v) is 1.57. The zero-order chi connectivity index (χ0) is 13.8. The van der Waals surface area contributed by atoms with Crippen molar-refractivity contribution in [1.82, 2.24) is 0 Å². The number of aliphatic hydroxyl groups excluding tert-OH is 1. The van der Waals surface area contributed by atoms with Crippen LogP contribution in [0.1, 0.15) is 5.56 Å². The Balaban J connectivity index is 2.36. The SMILES string of the molecule is O=[N+]([O-])c1cccc(Oc2c(F)cccc2CO)c1. The van der Waals surface area contributed by atoms with Crippen molar-refractivity contribution in [2.75, 3.05) is 0 Å². The Bertz CT molecular complexity index is 615. The van der Waals surface area contributed by atoms with Gasteiger partial charge in [0, 0.05) is 11.6 Å². The highest BCUT2D eigenvalue weighted by Gasteiger charge is 2.12. The summed E-state index contributed by atoms with van der Waals surface area (Å²) in [6.07, 6.45) is 0. The molecule has 0 saturated heterocycles. The van der Waals surface area contributed by atoms with Crippen LogP contribution in [0.25, 0.3) is 0 Å². The van der Waals surface area contributed by atoms with Crippen molar-refractivity contribution in [1.29, 1.82) is 0 Å². The van der Waals surface area contributed by atoms with E-state index in [9.17, 15) is 14.5 Å². The molecule has 0 atom stereocenters. The lowest BCUT2D eigenvalue weighted by Gasteiger charge is -2.10. The molecule has 0 fully saturated rings. The summed E-state index contributed by atoms with van der Waals surface area (Å²) in [7, 11) is 0. The van der Waals surface area contributed by atoms with E-state index in [4.69, 9.17) is 9.84 Å². The minimum atomic E-state index is -0.641. The first-order valence-corrected chi connectivity index (χ1v) is 5.42. The highest BCUT2D eigenvalue weighted by molar-refractivity contribution is 5.43. The molecule has 2 aromatic rings. The normalized spacial score (nSPS) is 10.2. The van der Waals surface area contributed by atoms with Crippen molar-refractivity contribution >= 4 is 5.69 Å². The number of halogens is 1. The maximum atomic E-state index is 13.6. The Morgan fingerprint density at radius 3 is 2.68 bits per heavy atom. The van der Waals surface area contributed by atoms with Crippen LogP contribution in [0.4, 0.5) is 10.1 Å². The summed E-state index contributed by atoms with van der Waals surface area (Å²) in [5.74, 6) is -0.641. The Labute approximate surface area is 108 Å². The minimum absolute atomic E-state index is 0.133. The van der Waals surface area contributed by atoms with Gasteiger partial charge in [0.25, 0.3) is 5.69 Å². The van der Waals surface area contributed by atoms with E-state index in [0.29, 0.717) is 0 Å². The predicted molar refractivity (Wildman–Crippen MR) is 65.5 cm³/mol. The summed E-state index contributed by atoms with van der Waals surface area (Å²) in [4.78, 5) is 10.1. The Hall–Kier alpha value is -2.47. The second kappa shape index (κ2) is 5.45. The topological polar surface area (TPSA) is 72.6 Å². The van der Waals surface area contributed by atoms with Crippen molar-refractivity contribution in [3.63, 3.8) is 0 Å². The number of nitro benzene ring substituents is 1. The Morgan fingerprint density at radius 2 is 2.00 bits per heavy atom. The molecule has 0 radical (unpaired) electrons. The lowest BCUT2D eigenvalue weighted by Crippen LogP contribution is -1.95. The van der Waals surface area contributed by atoms with E-state index >= 15 is 0 Å². The molecule has 6 heteroatoms. The highest BCUT2D eigenvalue weighted by atomic mass is 19.1. The Morgan fingerprint density at radius 1 is 1.26 bits per heavy atom. The van der Waals surface area contributed by atoms with E-state index in [1.807, 2.05) is 0 Å². The minimum Gasteiger partial charge on any atom is -0.454 e. The predicted octanol–water partition coefficient (Wildman–Crippen LogP) is 3.02. The van der Waals surface area contributed by atoms with Gasteiger partial charge in [-0.25, -0.2) is 4.39 Å². The molecule has 1 N–H and O–H groups in total. The molecule has 2 rings (SSSR count). The average Bonchev–Trinajstić information content (AvgIpc) is 2.41. The van der Waals surface area contributed by atoms with E-state index in [1.165, 1.54) is 42.5 Å². The molecule has 0 bridgehead atoms. The molecule has 19 heavy (non-hydrogen) atoms. The third-order valence-electron chi connectivity index (χ3n) is 2.47. The highest BCUT2D eigenvalue weighted by Crippen LogP contribution is 2.30. The van der Waals surface area contributed by atoms with E-state index in [1.54, 1.807) is 0 Å². The third kappa shape index (κ3) is 2.86. The van der Waals surface area contributed by atoms with E-state index in [2.05, 4.69) is 0 Å². The lowest BCUT2D eigenvalue weighted by molar-refractivity contribution is -0.384. The molecule has 5 nitrogen and oxygen atoms in total. The van der Waals surface area contributed by atoms with Crippen LogP contribution in [0.15, 0.2) is 42.5 Å². The van der Waals surface area contributed by atoms with Gasteiger partial charge >= 0.3 is 0 Å². The number of nitro groups is 1. The summed E-state index contributed by atoms with van der Waals surface area (Å²) in [6.45, 7) is -0.387. The third-order valence-corrected chi connectivity index (χ3v) is 2.47. The number of nitrogens with zero attached hydrogens (tertiary/aromatic N) is 1. The van der Waals surface area contributed by atoms with E-state index in [0.717, 1.165) is 0 Å². The van der Waals surface area contributed by atoms with Gasteiger partial charge in [-0.3, -0.25) is 10.1 Å². The van der Waals surface area contributed by atoms with Crippen molar-refractivity contribution in [3.05, 3.63) is 64.0 Å². The van der Waals surface area contributed by atoms with E-state index in [-0.39, 0.29) is 29.4 Å². The number of non-ortho nitro benzene ring substituents is 1. The number of hydrogen-bond acceptors (Lipinski definition) is 4. The summed E-state index contributed by atoms with van der Waals surface area (Å²) < 4.78 is 18.9. The second-order valence-electron chi connectivity index (χ2n) is 3.74. The standard InChI is InChI=1S/C13H10FNO4/c14-12-6-1-3-9(8-16)13(12)19-11-5-2-4-10(7-11)15(17)18/h1-7,16H,8H2. The molecule has 0 unspecified atom stereocenters. The van der Waals surface area contributed by atoms with Gasteiger partial charge in [0.15, 0.2) is 11.6 Å². The summed E-state index contributed by atoms with van der Waals surface area (Å²) in [5, 5.41) is 19.7. The van der Waals surface area contributed by atoms with Gasteiger partial charge in [0.05, 0.1) is 17.6 Å². The number of aliphatic hydroxyl groups is 1. The molecule has 98 valence electrons. The Kier molecular flexibility index (Phi) is 3.72. The molecular formula is C13H10FNO4. The van der Waals surface area contributed by atoms with E-state index < -0.39 is 10.7 Å². The van der Waals surface area contributed by atoms with Crippen LogP contribution in [-0.2, 0) is 6.61 Å². The smallest absolute Gasteiger partial charge is 0.273 e. The van der Waals surface area contributed by atoms with Gasteiger partial charge < -0.3 is 9.84 Å². The second-order valence-corrected chi connectivity index (χ2v) is 3.74. The van der Waals surface area contributed by atoms with Gasteiger partial charge in [-0.15, -0.1) is 0 Å². The van der Waals surface area contributed by atoms with Gasteiger partial charge in [-0.2, -0.15) is 0 Å². The van der Waals surface area contributed by atoms with Crippen molar-refractivity contribution in [3.8, 4) is 11.5 Å². The largest absolute Gasteiger partial charge is 0.454 e. The number of rotatable bonds is 4. The van der Waals surface area contributed by atoms with Gasteiger partial charge in [0.2, 0.25) is 0 Å². The first-order chi connectivity index (χ1) is 9.11. The molecule has 0 aliphatic carbocycles. The fraction of sp³-hybridized carbons (Fsp3) is 0.0769. The first kappa shape index (κ1) is 13.0. The number of benzene rings is 2. The van der Waals surface area contributed by atoms with Crippen LogP contribution >= 0.6 is 0 Å². The number of ether oxygens (including phenoxy) is 1. The maximum Gasteiger partial charge on any atom is 0.273 e. The number of para-hydroxylation sites is 1. The number of hydrogen-bond donors (Lipinski definition) is 1. The zero-order valence-corrected chi connectivity index (χ0v) is 9.75. The van der Waals surface area contributed by atoms with Crippen molar-refractivity contribution in [2.45, 2.75) is 6.61 Å². The van der Waals surface area contributed by atoms with Crippen LogP contribution in [0.2, 0.25) is 0 Å². The molecule has 0 aliphatic rings. The molecule has 0 spiro atoms. The van der Waals surface area contributed by atoms with Crippen LogP contribution in [-0.4, -0.2) is 10.0 Å². The van der Waals surface area contributed by atoms with Crippen molar-refractivity contribution in [2.24, 2.45) is 0 Å². The monoisotopic (exact) mass is 263 g/mol.